The summed E-state index contributed by atoms with van der Waals surface area (Å²) in [6, 6.07) is 4.97. The molecule has 1 N–H and O–H groups in total. The SMILES string of the molecule is C#Cc1c(F)ccc2cc(OCOC)cc(-c3ncc4c(N5CC6CCC(C5)N6C(=O)OC(C)(C)C)nc(OC[C@@H]5CCCN5CCNC(=O)C(F)(F)F)nc4c3F)c12. The van der Waals surface area contributed by atoms with E-state index in [1.54, 1.807) is 31.7 Å². The Morgan fingerprint density at radius 3 is 2.46 bits per heavy atom. The minimum absolute atomic E-state index is 0.0176. The first kappa shape index (κ1) is 41.6. The molecule has 18 heteroatoms. The van der Waals surface area contributed by atoms with Crippen molar-refractivity contribution < 1.29 is 50.5 Å². The van der Waals surface area contributed by atoms with E-state index in [4.69, 9.17) is 30.4 Å². The zero-order valence-electron chi connectivity index (χ0n) is 33.0. The Balaban J connectivity index is 1.27. The van der Waals surface area contributed by atoms with Gasteiger partial charge in [0.05, 0.1) is 23.0 Å². The first-order valence-corrected chi connectivity index (χ1v) is 19.3. The van der Waals surface area contributed by atoms with Gasteiger partial charge in [-0.3, -0.25) is 19.6 Å². The standard InChI is InChI=1S/C41H44F5N7O6/c1-6-28-31(42)12-9-23-16-27(58-22-56-5)17-29(32(23)28)34-33(43)35-30(18-48-34)36(52-19-24-10-11-25(20-52)53(24)39(55)59-40(2,3)4)50-38(49-35)57-21-26-8-7-14-51(26)15-13-47-37(54)41(44,45)46/h1,9,12,16-18,24-26H,7-8,10-11,13-15,19-22H2,2-5H3,(H,47,54)/t24?,25?,26-/m0/s1. The van der Waals surface area contributed by atoms with Gasteiger partial charge in [-0.05, 0) is 76.6 Å². The number of aromatic nitrogens is 3. The predicted molar refractivity (Wildman–Crippen MR) is 207 cm³/mol. The molecule has 3 fully saturated rings. The number of carbonyl (C=O) groups excluding carboxylic acids is 2. The van der Waals surface area contributed by atoms with Crippen LogP contribution in [0.1, 0.15) is 52.0 Å². The van der Waals surface area contributed by atoms with Crippen molar-refractivity contribution in [2.45, 2.75) is 76.4 Å². The average molecular weight is 826 g/mol. The summed E-state index contributed by atoms with van der Waals surface area (Å²) >= 11 is 0. The number of alkyl halides is 3. The monoisotopic (exact) mass is 825 g/mol. The van der Waals surface area contributed by atoms with E-state index in [1.807, 2.05) is 15.1 Å². The fourth-order valence-electron chi connectivity index (χ4n) is 8.12. The number of methoxy groups -OCH3 is 1. The zero-order chi connectivity index (χ0) is 42.2. The number of piperazine rings is 1. The smallest absolute Gasteiger partial charge is 0.468 e. The van der Waals surface area contributed by atoms with Gasteiger partial charge in [0, 0.05) is 56.5 Å². The van der Waals surface area contributed by atoms with Crippen LogP contribution in [0.2, 0.25) is 0 Å². The van der Waals surface area contributed by atoms with Crippen molar-refractivity contribution in [3.05, 3.63) is 47.7 Å². The number of halogens is 5. The van der Waals surface area contributed by atoms with Gasteiger partial charge in [-0.1, -0.05) is 12.0 Å². The van der Waals surface area contributed by atoms with E-state index < -0.39 is 35.4 Å². The first-order valence-electron chi connectivity index (χ1n) is 19.3. The van der Waals surface area contributed by atoms with E-state index in [9.17, 15) is 22.8 Å². The molecule has 2 bridgehead atoms. The number of terminal acetylenes is 1. The van der Waals surface area contributed by atoms with Gasteiger partial charge in [-0.15, -0.1) is 6.42 Å². The second-order valence-corrected chi connectivity index (χ2v) is 15.8. The number of nitrogens with one attached hydrogen (secondary N) is 1. The van der Waals surface area contributed by atoms with Crippen molar-refractivity contribution in [1.29, 1.82) is 0 Å². The minimum atomic E-state index is -4.99. The summed E-state index contributed by atoms with van der Waals surface area (Å²) < 4.78 is 93.4. The van der Waals surface area contributed by atoms with Gasteiger partial charge in [-0.2, -0.15) is 23.1 Å². The molecule has 3 aliphatic heterocycles. The maximum Gasteiger partial charge on any atom is 0.471 e. The van der Waals surface area contributed by atoms with E-state index in [0.717, 1.165) is 6.42 Å². The maximum absolute atomic E-state index is 17.3. The highest BCUT2D eigenvalue weighted by molar-refractivity contribution is 6.03. The van der Waals surface area contributed by atoms with Crippen LogP contribution in [-0.2, 0) is 14.3 Å². The van der Waals surface area contributed by atoms with E-state index >= 15 is 8.78 Å². The molecule has 314 valence electrons. The number of anilines is 1. The summed E-state index contributed by atoms with van der Waals surface area (Å²) in [6.45, 7) is 6.50. The lowest BCUT2D eigenvalue weighted by Crippen LogP contribution is -2.57. The number of fused-ring (bicyclic) bond motifs is 4. The third-order valence-electron chi connectivity index (χ3n) is 10.7. The van der Waals surface area contributed by atoms with Crippen LogP contribution in [0.3, 0.4) is 0 Å². The van der Waals surface area contributed by atoms with Crippen LogP contribution in [0.25, 0.3) is 32.9 Å². The van der Waals surface area contributed by atoms with Crippen LogP contribution in [0, 0.1) is 24.0 Å². The lowest BCUT2D eigenvalue weighted by molar-refractivity contribution is -0.173. The summed E-state index contributed by atoms with van der Waals surface area (Å²) in [4.78, 5) is 44.1. The van der Waals surface area contributed by atoms with Crippen molar-refractivity contribution in [2.24, 2.45) is 0 Å². The quantitative estimate of drug-likeness (QED) is 0.106. The third kappa shape index (κ3) is 8.76. The highest BCUT2D eigenvalue weighted by Crippen LogP contribution is 2.41. The predicted octanol–water partition coefficient (Wildman–Crippen LogP) is 6.20. The average Bonchev–Trinajstić information content (AvgIpc) is 3.75. The molecule has 13 nitrogen and oxygen atoms in total. The summed E-state index contributed by atoms with van der Waals surface area (Å²) in [7, 11) is 1.44. The topological polar surface area (TPSA) is 131 Å². The molecule has 2 aromatic heterocycles. The molecule has 0 spiro atoms. The second kappa shape index (κ2) is 16.6. The van der Waals surface area contributed by atoms with Crippen LogP contribution >= 0.6 is 0 Å². The van der Waals surface area contributed by atoms with E-state index in [-0.39, 0.29) is 89.5 Å². The Hall–Kier alpha value is -5.54. The third-order valence-corrected chi connectivity index (χ3v) is 10.7. The number of nitrogens with zero attached hydrogens (tertiary/aromatic N) is 6. The second-order valence-electron chi connectivity index (χ2n) is 15.8. The lowest BCUT2D eigenvalue weighted by Gasteiger charge is -2.42. The number of rotatable bonds is 11. The van der Waals surface area contributed by atoms with Gasteiger partial charge in [0.2, 0.25) is 0 Å². The van der Waals surface area contributed by atoms with Gasteiger partial charge < -0.3 is 29.2 Å². The molecule has 3 aliphatic rings. The van der Waals surface area contributed by atoms with E-state index in [2.05, 4.69) is 15.9 Å². The largest absolute Gasteiger partial charge is 0.471 e. The Kier molecular flexibility index (Phi) is 11.7. The highest BCUT2D eigenvalue weighted by Gasteiger charge is 2.45. The maximum atomic E-state index is 17.3. The fourth-order valence-corrected chi connectivity index (χ4v) is 8.12. The first-order chi connectivity index (χ1) is 28.1. The number of hydrogen-bond acceptors (Lipinski definition) is 11. The molecule has 2 unspecified atom stereocenters. The summed E-state index contributed by atoms with van der Waals surface area (Å²) in [5, 5.41) is 2.85. The summed E-state index contributed by atoms with van der Waals surface area (Å²) in [5.74, 6) is -0.575. The van der Waals surface area contributed by atoms with Crippen molar-refractivity contribution in [3.8, 4) is 35.4 Å². The number of pyridine rings is 1. The molecular weight excluding hydrogens is 781 g/mol. The number of benzene rings is 2. The van der Waals surface area contributed by atoms with Gasteiger partial charge in [-0.25, -0.2) is 13.6 Å². The molecule has 0 aliphatic carbocycles. The van der Waals surface area contributed by atoms with Gasteiger partial charge >= 0.3 is 24.2 Å². The highest BCUT2D eigenvalue weighted by atomic mass is 19.4. The summed E-state index contributed by atoms with van der Waals surface area (Å²) in [5.41, 5.74) is -0.984. The van der Waals surface area contributed by atoms with Crippen LogP contribution in [-0.4, -0.2) is 120 Å². The van der Waals surface area contributed by atoms with E-state index in [0.29, 0.717) is 50.1 Å². The number of amides is 2. The molecule has 7 rings (SSSR count). The normalized spacial score (nSPS) is 19.6. The van der Waals surface area contributed by atoms with Gasteiger partial charge in [0.25, 0.3) is 0 Å². The van der Waals surface area contributed by atoms with Gasteiger partial charge in [0.15, 0.2) is 12.6 Å². The molecule has 2 amide bonds. The number of likely N-dealkylation sites (tertiary alicyclic amines) is 1. The van der Waals surface area contributed by atoms with Crippen LogP contribution < -0.4 is 19.7 Å². The molecule has 5 heterocycles. The molecule has 3 saturated heterocycles. The molecule has 4 aromatic rings. The lowest BCUT2D eigenvalue weighted by atomic mass is 9.95. The van der Waals surface area contributed by atoms with Crippen molar-refractivity contribution in [3.63, 3.8) is 0 Å². The van der Waals surface area contributed by atoms with Crippen LogP contribution in [0.4, 0.5) is 32.6 Å². The Morgan fingerprint density at radius 1 is 1.03 bits per heavy atom. The zero-order valence-corrected chi connectivity index (χ0v) is 33.0. The number of carbonyl (C=O) groups is 2. The van der Waals surface area contributed by atoms with Crippen LogP contribution in [0.15, 0.2) is 30.5 Å². The van der Waals surface area contributed by atoms with Crippen LogP contribution in [0.5, 0.6) is 11.8 Å². The molecule has 2 aromatic carbocycles. The Bertz CT molecular complexity index is 2280. The fraction of sp³-hybridized carbons (Fsp3) is 0.488. The molecule has 59 heavy (non-hydrogen) atoms. The van der Waals surface area contributed by atoms with Crippen molar-refractivity contribution >= 4 is 39.5 Å². The molecule has 0 radical (unpaired) electrons. The number of hydrogen-bond donors (Lipinski definition) is 1. The Morgan fingerprint density at radius 2 is 1.78 bits per heavy atom. The molecule has 0 saturated carbocycles. The number of ether oxygens (including phenoxy) is 4. The van der Waals surface area contributed by atoms with Crippen molar-refractivity contribution in [1.82, 2.24) is 30.1 Å². The summed E-state index contributed by atoms with van der Waals surface area (Å²) in [6.07, 6.45) is 4.63. The minimum Gasteiger partial charge on any atom is -0.468 e. The van der Waals surface area contributed by atoms with Gasteiger partial charge in [0.1, 0.15) is 40.8 Å². The van der Waals surface area contributed by atoms with Crippen molar-refractivity contribution in [2.75, 3.05) is 58.1 Å². The molecule has 3 atom stereocenters. The Labute approximate surface area is 337 Å². The van der Waals surface area contributed by atoms with E-state index in [1.165, 1.54) is 31.5 Å². The molecular formula is C41H44F5N7O6.